The van der Waals surface area contributed by atoms with Gasteiger partial charge < -0.3 is 14.8 Å². The molecule has 7 heteroatoms. The molecule has 0 saturated heterocycles. The maximum absolute atomic E-state index is 12.3. The van der Waals surface area contributed by atoms with Gasteiger partial charge in [0.2, 0.25) is 5.56 Å². The molecule has 0 saturated carbocycles. The zero-order valence-corrected chi connectivity index (χ0v) is 13.3. The Balaban J connectivity index is 1.85. The first-order chi connectivity index (χ1) is 12.1. The summed E-state index contributed by atoms with van der Waals surface area (Å²) in [5.41, 5.74) is 3.14. The monoisotopic (exact) mass is 337 g/mol. The number of benzene rings is 2. The molecule has 126 valence electrons. The molecule has 0 spiro atoms. The number of nitrogens with zero attached hydrogens (tertiary/aromatic N) is 1. The summed E-state index contributed by atoms with van der Waals surface area (Å²) in [5.74, 6) is 0.0208. The number of nitrogens with one attached hydrogen (secondary N) is 2. The first kappa shape index (κ1) is 16.3. The number of ether oxygens (including phenoxy) is 1. The fraction of sp³-hybridized carbons (Fsp3) is 0.0556. The summed E-state index contributed by atoms with van der Waals surface area (Å²) in [6, 6.07) is 12.9. The molecule has 1 aromatic heterocycles. The molecule has 3 aromatic rings. The maximum Gasteiger partial charge on any atom is 0.272 e. The van der Waals surface area contributed by atoms with Crippen molar-refractivity contribution in [3.63, 3.8) is 0 Å². The number of phenols is 1. The third-order valence-electron chi connectivity index (χ3n) is 3.60. The van der Waals surface area contributed by atoms with Crippen LogP contribution in [0.3, 0.4) is 0 Å². The molecule has 0 bridgehead atoms. The number of aromatic nitrogens is 1. The van der Waals surface area contributed by atoms with Crippen molar-refractivity contribution < 1.29 is 14.6 Å². The maximum atomic E-state index is 12.3. The predicted octanol–water partition coefficient (Wildman–Crippen LogP) is 2.01. The number of rotatable bonds is 4. The van der Waals surface area contributed by atoms with Crippen LogP contribution in [0.25, 0.3) is 10.9 Å². The molecule has 25 heavy (non-hydrogen) atoms. The highest BCUT2D eigenvalue weighted by Crippen LogP contribution is 2.21. The summed E-state index contributed by atoms with van der Waals surface area (Å²) in [6.07, 6.45) is 1.30. The number of carbonyl (C=O) groups excluding carboxylic acids is 1. The number of hydrogen-bond donors (Lipinski definition) is 3. The molecule has 0 radical (unpaired) electrons. The van der Waals surface area contributed by atoms with Gasteiger partial charge in [-0.25, -0.2) is 5.43 Å². The van der Waals surface area contributed by atoms with Gasteiger partial charge in [0.15, 0.2) is 0 Å². The number of hydrazone groups is 1. The standard InChI is InChI=1S/C18H15N3O4/c1-25-12-6-7-16(22)11(8-12)10-19-21-18(24)14-9-17(23)20-15-5-3-2-4-13(14)15/h2-10,22H,1H3,(H,20,23)(H,21,24)/b19-10+. The number of methoxy groups -OCH3 is 1. The van der Waals surface area contributed by atoms with Crippen LogP contribution >= 0.6 is 0 Å². The predicted molar refractivity (Wildman–Crippen MR) is 94.3 cm³/mol. The lowest BCUT2D eigenvalue weighted by Gasteiger charge is -2.05. The third kappa shape index (κ3) is 3.50. The van der Waals surface area contributed by atoms with Gasteiger partial charge in [-0.2, -0.15) is 5.10 Å². The van der Waals surface area contributed by atoms with E-state index in [1.807, 2.05) is 0 Å². The minimum atomic E-state index is -0.527. The molecule has 3 N–H and O–H groups in total. The second kappa shape index (κ2) is 6.88. The van der Waals surface area contributed by atoms with Crippen LogP contribution in [0.4, 0.5) is 0 Å². The molecule has 3 rings (SSSR count). The second-order valence-electron chi connectivity index (χ2n) is 5.22. The Morgan fingerprint density at radius 2 is 2.04 bits per heavy atom. The van der Waals surface area contributed by atoms with Crippen LogP contribution in [-0.2, 0) is 0 Å². The van der Waals surface area contributed by atoms with E-state index in [9.17, 15) is 14.7 Å². The number of phenolic OH excluding ortho intramolecular Hbond substituents is 1. The van der Waals surface area contributed by atoms with Gasteiger partial charge in [0.25, 0.3) is 5.91 Å². The minimum Gasteiger partial charge on any atom is -0.507 e. The van der Waals surface area contributed by atoms with E-state index in [0.29, 0.717) is 22.2 Å². The average molecular weight is 337 g/mol. The highest BCUT2D eigenvalue weighted by Gasteiger charge is 2.11. The largest absolute Gasteiger partial charge is 0.507 e. The number of pyridine rings is 1. The van der Waals surface area contributed by atoms with Crippen molar-refractivity contribution in [2.45, 2.75) is 0 Å². The Morgan fingerprint density at radius 1 is 1.24 bits per heavy atom. The number of aromatic hydroxyl groups is 1. The number of H-pyrrole nitrogens is 1. The van der Waals surface area contributed by atoms with Gasteiger partial charge in [0.1, 0.15) is 11.5 Å². The van der Waals surface area contributed by atoms with Gasteiger partial charge in [-0.1, -0.05) is 18.2 Å². The van der Waals surface area contributed by atoms with Crippen molar-refractivity contribution in [2.75, 3.05) is 7.11 Å². The lowest BCUT2D eigenvalue weighted by Crippen LogP contribution is -2.20. The number of carbonyl (C=O) groups is 1. The van der Waals surface area contributed by atoms with Gasteiger partial charge in [-0.05, 0) is 24.3 Å². The van der Waals surface area contributed by atoms with E-state index in [4.69, 9.17) is 4.74 Å². The molecule has 2 aromatic carbocycles. The summed E-state index contributed by atoms with van der Waals surface area (Å²) >= 11 is 0. The smallest absolute Gasteiger partial charge is 0.272 e. The highest BCUT2D eigenvalue weighted by atomic mass is 16.5. The summed E-state index contributed by atoms with van der Waals surface area (Å²) in [5, 5.41) is 14.2. The van der Waals surface area contributed by atoms with Crippen LogP contribution < -0.4 is 15.7 Å². The summed E-state index contributed by atoms with van der Waals surface area (Å²) in [4.78, 5) is 26.7. The average Bonchev–Trinajstić information content (AvgIpc) is 2.62. The van der Waals surface area contributed by atoms with E-state index in [1.54, 1.807) is 36.4 Å². The molecule has 0 fully saturated rings. The molecule has 7 nitrogen and oxygen atoms in total. The molecule has 0 aliphatic carbocycles. The molecular weight excluding hydrogens is 322 g/mol. The summed E-state index contributed by atoms with van der Waals surface area (Å²) in [6.45, 7) is 0. The number of amides is 1. The van der Waals surface area contributed by atoms with Gasteiger partial charge >= 0.3 is 0 Å². The molecule has 0 unspecified atom stereocenters. The van der Waals surface area contributed by atoms with Crippen molar-refractivity contribution in [1.29, 1.82) is 0 Å². The number of para-hydroxylation sites is 1. The first-order valence-corrected chi connectivity index (χ1v) is 7.41. The van der Waals surface area contributed by atoms with E-state index in [0.717, 1.165) is 0 Å². The summed E-state index contributed by atoms with van der Waals surface area (Å²) in [7, 11) is 1.51. The van der Waals surface area contributed by atoms with Gasteiger partial charge in [0.05, 0.1) is 18.9 Å². The quantitative estimate of drug-likeness (QED) is 0.500. The Hall–Kier alpha value is -3.61. The fourth-order valence-electron chi connectivity index (χ4n) is 2.38. The molecule has 0 aliphatic rings. The van der Waals surface area contributed by atoms with Crippen molar-refractivity contribution in [1.82, 2.24) is 10.4 Å². The van der Waals surface area contributed by atoms with Crippen molar-refractivity contribution >= 4 is 23.0 Å². The Bertz CT molecular complexity index is 1020. The highest BCUT2D eigenvalue weighted by molar-refractivity contribution is 6.06. The van der Waals surface area contributed by atoms with Gasteiger partial charge in [-0.15, -0.1) is 0 Å². The number of fused-ring (bicyclic) bond motifs is 1. The van der Waals surface area contributed by atoms with Crippen LogP contribution in [0.2, 0.25) is 0 Å². The van der Waals surface area contributed by atoms with Crippen LogP contribution in [-0.4, -0.2) is 29.3 Å². The third-order valence-corrected chi connectivity index (χ3v) is 3.60. The molecule has 0 aliphatic heterocycles. The van der Waals surface area contributed by atoms with Crippen LogP contribution in [0, 0.1) is 0 Å². The van der Waals surface area contributed by atoms with E-state index in [2.05, 4.69) is 15.5 Å². The van der Waals surface area contributed by atoms with E-state index < -0.39 is 5.91 Å². The van der Waals surface area contributed by atoms with Crippen LogP contribution in [0.1, 0.15) is 15.9 Å². The van der Waals surface area contributed by atoms with Crippen molar-refractivity contribution in [2.24, 2.45) is 5.10 Å². The lowest BCUT2D eigenvalue weighted by atomic mass is 10.1. The fourth-order valence-corrected chi connectivity index (χ4v) is 2.38. The second-order valence-corrected chi connectivity index (χ2v) is 5.22. The number of hydrogen-bond acceptors (Lipinski definition) is 5. The molecule has 0 atom stereocenters. The minimum absolute atomic E-state index is 0.000374. The van der Waals surface area contributed by atoms with Crippen molar-refractivity contribution in [3.8, 4) is 11.5 Å². The summed E-state index contributed by atoms with van der Waals surface area (Å²) < 4.78 is 5.07. The Labute approximate surface area is 142 Å². The van der Waals surface area contributed by atoms with Gasteiger partial charge in [-0.3, -0.25) is 9.59 Å². The Kier molecular flexibility index (Phi) is 4.47. The van der Waals surface area contributed by atoms with E-state index >= 15 is 0 Å². The molecule has 1 heterocycles. The van der Waals surface area contributed by atoms with Crippen LogP contribution in [0.15, 0.2) is 58.4 Å². The van der Waals surface area contributed by atoms with Crippen molar-refractivity contribution in [3.05, 3.63) is 70.0 Å². The topological polar surface area (TPSA) is 104 Å². The van der Waals surface area contributed by atoms with E-state index in [1.165, 1.54) is 25.5 Å². The molecular formula is C18H15N3O4. The zero-order chi connectivity index (χ0) is 17.8. The lowest BCUT2D eigenvalue weighted by molar-refractivity contribution is 0.0956. The first-order valence-electron chi connectivity index (χ1n) is 7.41. The normalized spacial score (nSPS) is 10.9. The van der Waals surface area contributed by atoms with Crippen LogP contribution in [0.5, 0.6) is 11.5 Å². The zero-order valence-electron chi connectivity index (χ0n) is 13.3. The van der Waals surface area contributed by atoms with Gasteiger partial charge in [0, 0.05) is 22.5 Å². The Morgan fingerprint density at radius 3 is 2.84 bits per heavy atom. The SMILES string of the molecule is COc1ccc(O)c(/C=N/NC(=O)c2cc(=O)[nH]c3ccccc23)c1. The van der Waals surface area contributed by atoms with E-state index in [-0.39, 0.29) is 16.9 Å². The number of aromatic amines is 1. The molecule has 1 amide bonds.